The van der Waals surface area contributed by atoms with Crippen LogP contribution in [0, 0.1) is 12.8 Å². The van der Waals surface area contributed by atoms with E-state index in [2.05, 4.69) is 65.0 Å². The molecule has 27 heavy (non-hydrogen) atoms. The zero-order valence-corrected chi connectivity index (χ0v) is 17.4. The summed E-state index contributed by atoms with van der Waals surface area (Å²) in [6.07, 6.45) is 4.34. The first-order valence-corrected chi connectivity index (χ1v) is 10.7. The van der Waals surface area contributed by atoms with E-state index in [1.807, 2.05) is 23.6 Å². The van der Waals surface area contributed by atoms with Gasteiger partial charge >= 0.3 is 0 Å². The fraction of sp³-hybridized carbons (Fsp3) is 0.524. The Bertz CT molecular complexity index is 728. The highest BCUT2D eigenvalue weighted by Gasteiger charge is 2.31. The highest BCUT2D eigenvalue weighted by molar-refractivity contribution is 7.10. The number of rotatable bonds is 6. The van der Waals surface area contributed by atoms with Crippen molar-refractivity contribution in [3.8, 4) is 0 Å². The molecule has 5 nitrogen and oxygen atoms in total. The van der Waals surface area contributed by atoms with E-state index in [1.165, 1.54) is 29.8 Å². The van der Waals surface area contributed by atoms with Crippen molar-refractivity contribution >= 4 is 17.3 Å². The Kier molecular flexibility index (Phi) is 7.24. The van der Waals surface area contributed by atoms with Crippen LogP contribution < -0.4 is 10.6 Å². The van der Waals surface area contributed by atoms with Crippen LogP contribution in [-0.4, -0.2) is 42.5 Å². The van der Waals surface area contributed by atoms with Gasteiger partial charge in [-0.25, -0.2) is 4.99 Å². The largest absolute Gasteiger partial charge is 0.357 e. The molecular weight excluding hydrogens is 354 g/mol. The maximum absolute atomic E-state index is 4.76. The number of aliphatic imine (C=N–C) groups is 1. The second-order valence-electron chi connectivity index (χ2n) is 7.19. The molecule has 1 fully saturated rings. The van der Waals surface area contributed by atoms with E-state index < -0.39 is 0 Å². The minimum Gasteiger partial charge on any atom is -0.357 e. The second-order valence-corrected chi connectivity index (χ2v) is 8.17. The van der Waals surface area contributed by atoms with Crippen LogP contribution in [0.25, 0.3) is 0 Å². The van der Waals surface area contributed by atoms with E-state index >= 15 is 0 Å². The second kappa shape index (κ2) is 9.85. The lowest BCUT2D eigenvalue weighted by Crippen LogP contribution is -2.44. The quantitative estimate of drug-likeness (QED) is 0.589. The highest BCUT2D eigenvalue weighted by atomic mass is 32.1. The van der Waals surface area contributed by atoms with Crippen LogP contribution in [0.15, 0.2) is 40.8 Å². The standard InChI is InChI=1S/C21H31N5S/c1-4-22-21(25-15-18-16(2)8-5-11-23-18)24-14-17-9-6-12-26(3)20(17)19-10-7-13-27-19/h5,7-8,10-11,13,17,20H,4,6,9,12,14-15H2,1-3H3,(H2,22,24,25). The maximum atomic E-state index is 4.76. The van der Waals surface area contributed by atoms with Crippen molar-refractivity contribution in [1.82, 2.24) is 20.5 Å². The Labute approximate surface area is 166 Å². The number of aryl methyl sites for hydroxylation is 1. The first-order valence-electron chi connectivity index (χ1n) is 9.85. The van der Waals surface area contributed by atoms with Crippen molar-refractivity contribution < 1.29 is 0 Å². The van der Waals surface area contributed by atoms with Gasteiger partial charge in [-0.1, -0.05) is 12.1 Å². The lowest BCUT2D eigenvalue weighted by atomic mass is 9.88. The van der Waals surface area contributed by atoms with Gasteiger partial charge in [0.05, 0.1) is 12.2 Å². The molecule has 0 saturated carbocycles. The normalized spacial score (nSPS) is 21.2. The average Bonchev–Trinajstić information content (AvgIpc) is 3.19. The molecule has 0 bridgehead atoms. The van der Waals surface area contributed by atoms with Crippen molar-refractivity contribution in [1.29, 1.82) is 0 Å². The van der Waals surface area contributed by atoms with Crippen LogP contribution in [0.3, 0.4) is 0 Å². The van der Waals surface area contributed by atoms with Crippen LogP contribution in [0.4, 0.5) is 0 Å². The number of aromatic nitrogens is 1. The summed E-state index contributed by atoms with van der Waals surface area (Å²) in [4.78, 5) is 13.2. The fourth-order valence-electron chi connectivity index (χ4n) is 3.79. The lowest BCUT2D eigenvalue weighted by Gasteiger charge is -2.39. The summed E-state index contributed by atoms with van der Waals surface area (Å²) in [5.41, 5.74) is 2.22. The molecule has 6 heteroatoms. The van der Waals surface area contributed by atoms with Crippen LogP contribution in [0.2, 0.25) is 0 Å². The Morgan fingerprint density at radius 1 is 1.33 bits per heavy atom. The van der Waals surface area contributed by atoms with Crippen molar-refractivity contribution in [2.24, 2.45) is 10.9 Å². The SMILES string of the molecule is CCNC(=NCc1ncccc1C)NCC1CCCN(C)C1c1cccs1. The topological polar surface area (TPSA) is 52.6 Å². The fourth-order valence-corrected chi connectivity index (χ4v) is 4.77. The van der Waals surface area contributed by atoms with Crippen LogP contribution in [0.1, 0.15) is 41.9 Å². The number of guanidine groups is 1. The van der Waals surface area contributed by atoms with Gasteiger partial charge in [-0.15, -0.1) is 11.3 Å². The number of likely N-dealkylation sites (tertiary alicyclic amines) is 1. The van der Waals surface area contributed by atoms with Gasteiger partial charge in [0, 0.05) is 30.2 Å². The van der Waals surface area contributed by atoms with E-state index in [0.29, 0.717) is 18.5 Å². The van der Waals surface area contributed by atoms with Gasteiger partial charge in [0.1, 0.15) is 0 Å². The molecule has 0 spiro atoms. The summed E-state index contributed by atoms with van der Waals surface area (Å²) < 4.78 is 0. The number of nitrogens with zero attached hydrogens (tertiary/aromatic N) is 3. The maximum Gasteiger partial charge on any atom is 0.191 e. The minimum atomic E-state index is 0.493. The van der Waals surface area contributed by atoms with E-state index in [9.17, 15) is 0 Å². The van der Waals surface area contributed by atoms with Crippen molar-refractivity contribution in [2.45, 2.75) is 39.3 Å². The van der Waals surface area contributed by atoms with E-state index in [1.54, 1.807) is 0 Å². The van der Waals surface area contributed by atoms with E-state index in [4.69, 9.17) is 4.99 Å². The lowest BCUT2D eigenvalue weighted by molar-refractivity contribution is 0.125. The number of nitrogens with one attached hydrogen (secondary N) is 2. The molecule has 3 rings (SSSR count). The van der Waals surface area contributed by atoms with E-state index in [-0.39, 0.29) is 0 Å². The van der Waals surface area contributed by atoms with Gasteiger partial charge in [-0.3, -0.25) is 9.88 Å². The average molecular weight is 386 g/mol. The van der Waals surface area contributed by atoms with Gasteiger partial charge in [0.15, 0.2) is 5.96 Å². The van der Waals surface area contributed by atoms with E-state index in [0.717, 1.165) is 24.7 Å². The summed E-state index contributed by atoms with van der Waals surface area (Å²) in [6, 6.07) is 8.98. The van der Waals surface area contributed by atoms with Crippen LogP contribution in [-0.2, 0) is 6.54 Å². The number of piperidine rings is 1. The molecule has 2 N–H and O–H groups in total. The van der Waals surface area contributed by atoms with Crippen LogP contribution >= 0.6 is 11.3 Å². The summed E-state index contributed by atoms with van der Waals surface area (Å²) in [5, 5.41) is 9.14. The van der Waals surface area contributed by atoms with Crippen molar-refractivity contribution in [3.63, 3.8) is 0 Å². The molecule has 2 aromatic heterocycles. The summed E-state index contributed by atoms with van der Waals surface area (Å²) in [5.74, 6) is 1.46. The molecular formula is C21H31N5S. The third-order valence-electron chi connectivity index (χ3n) is 5.22. The monoisotopic (exact) mass is 385 g/mol. The molecule has 1 aliphatic rings. The Balaban J connectivity index is 1.65. The molecule has 0 aliphatic carbocycles. The zero-order chi connectivity index (χ0) is 19.1. The van der Waals surface area contributed by atoms with Gasteiger partial charge < -0.3 is 10.6 Å². The number of thiophene rings is 1. The molecule has 3 heterocycles. The Morgan fingerprint density at radius 2 is 2.22 bits per heavy atom. The van der Waals surface area contributed by atoms with Crippen molar-refractivity contribution in [3.05, 3.63) is 52.0 Å². The predicted molar refractivity (Wildman–Crippen MR) is 114 cm³/mol. The Hall–Kier alpha value is -1.92. The van der Waals surface area contributed by atoms with Crippen LogP contribution in [0.5, 0.6) is 0 Å². The third-order valence-corrected chi connectivity index (χ3v) is 6.17. The molecule has 1 aliphatic heterocycles. The molecule has 2 atom stereocenters. The van der Waals surface area contributed by atoms with Gasteiger partial charge in [0.2, 0.25) is 0 Å². The first-order chi connectivity index (χ1) is 13.2. The number of pyridine rings is 1. The molecule has 2 unspecified atom stereocenters. The molecule has 0 amide bonds. The molecule has 146 valence electrons. The predicted octanol–water partition coefficient (Wildman–Crippen LogP) is 3.59. The number of hydrogen-bond acceptors (Lipinski definition) is 4. The smallest absolute Gasteiger partial charge is 0.191 e. The third kappa shape index (κ3) is 5.30. The molecule has 2 aromatic rings. The molecule has 0 radical (unpaired) electrons. The molecule has 1 saturated heterocycles. The summed E-state index contributed by atoms with van der Waals surface area (Å²) in [6.45, 7) is 7.74. The molecule has 0 aromatic carbocycles. The first kappa shape index (κ1) is 19.8. The minimum absolute atomic E-state index is 0.493. The zero-order valence-electron chi connectivity index (χ0n) is 16.6. The van der Waals surface area contributed by atoms with Gasteiger partial charge in [0.25, 0.3) is 0 Å². The summed E-state index contributed by atoms with van der Waals surface area (Å²) in [7, 11) is 2.25. The number of hydrogen-bond donors (Lipinski definition) is 2. The highest BCUT2D eigenvalue weighted by Crippen LogP contribution is 2.36. The Morgan fingerprint density at radius 3 is 2.96 bits per heavy atom. The van der Waals surface area contributed by atoms with Crippen molar-refractivity contribution in [2.75, 3.05) is 26.7 Å². The van der Waals surface area contributed by atoms with Gasteiger partial charge in [-0.2, -0.15) is 0 Å². The van der Waals surface area contributed by atoms with Gasteiger partial charge in [-0.05, 0) is 69.3 Å². The summed E-state index contributed by atoms with van der Waals surface area (Å²) >= 11 is 1.87.